The smallest absolute Gasteiger partial charge is 0.255 e. The molecule has 1 heterocycles. The summed E-state index contributed by atoms with van der Waals surface area (Å²) in [5, 5.41) is 0.684. The summed E-state index contributed by atoms with van der Waals surface area (Å²) in [6, 6.07) is 5.52. The van der Waals surface area contributed by atoms with Crippen LogP contribution >= 0.6 is 45.8 Å². The number of aromatic nitrogens is 1. The van der Waals surface area contributed by atoms with Crippen molar-refractivity contribution < 1.29 is 13.2 Å². The van der Waals surface area contributed by atoms with E-state index in [-0.39, 0.29) is 9.26 Å². The van der Waals surface area contributed by atoms with Gasteiger partial charge in [0, 0.05) is 16.8 Å². The third-order valence-corrected chi connectivity index (χ3v) is 4.03. The van der Waals surface area contributed by atoms with Crippen molar-refractivity contribution in [1.29, 1.82) is 0 Å². The lowest BCUT2D eigenvalue weighted by Gasteiger charge is -2.13. The predicted molar refractivity (Wildman–Crippen MR) is 77.4 cm³/mol. The maximum atomic E-state index is 12.8. The van der Waals surface area contributed by atoms with E-state index in [1.165, 1.54) is 12.1 Å². The molecule has 0 spiro atoms. The minimum Gasteiger partial charge on any atom is -0.255 e. The normalized spacial score (nSPS) is 11.7. The molecule has 0 saturated carbocycles. The van der Waals surface area contributed by atoms with Crippen molar-refractivity contribution in [2.75, 3.05) is 0 Å². The molecule has 0 aliphatic carbocycles. The summed E-state index contributed by atoms with van der Waals surface area (Å²) in [7, 11) is 0. The Bertz CT molecular complexity index is 629. The summed E-state index contributed by atoms with van der Waals surface area (Å²) >= 11 is 13.4. The van der Waals surface area contributed by atoms with Crippen LogP contribution in [-0.2, 0) is 6.18 Å². The van der Waals surface area contributed by atoms with Crippen LogP contribution in [0.25, 0.3) is 11.3 Å². The van der Waals surface area contributed by atoms with Crippen molar-refractivity contribution in [3.05, 3.63) is 49.6 Å². The molecule has 0 atom stereocenters. The second-order valence-electron chi connectivity index (χ2n) is 3.64. The van der Waals surface area contributed by atoms with Crippen LogP contribution in [0, 0.1) is 3.57 Å². The van der Waals surface area contributed by atoms with Crippen LogP contribution in [0.5, 0.6) is 0 Å². The number of alkyl halides is 3. The van der Waals surface area contributed by atoms with Gasteiger partial charge in [-0.25, -0.2) is 0 Å². The van der Waals surface area contributed by atoms with Gasteiger partial charge in [0.05, 0.1) is 19.9 Å². The Morgan fingerprint density at radius 1 is 1.11 bits per heavy atom. The zero-order chi connectivity index (χ0) is 14.2. The quantitative estimate of drug-likeness (QED) is 0.544. The predicted octanol–water partition coefficient (Wildman–Crippen LogP) is 5.68. The molecular formula is C12H5Cl2F3IN. The van der Waals surface area contributed by atoms with Crippen molar-refractivity contribution >= 4 is 45.8 Å². The summed E-state index contributed by atoms with van der Waals surface area (Å²) in [6.07, 6.45) is -3.32. The largest absolute Gasteiger partial charge is 0.417 e. The number of benzene rings is 1. The fraction of sp³-hybridized carbons (Fsp3) is 0.0833. The highest BCUT2D eigenvalue weighted by Crippen LogP contribution is 2.38. The van der Waals surface area contributed by atoms with Crippen LogP contribution in [0.15, 0.2) is 30.5 Å². The molecule has 0 radical (unpaired) electrons. The van der Waals surface area contributed by atoms with Gasteiger partial charge in [0.25, 0.3) is 0 Å². The fourth-order valence-corrected chi connectivity index (χ4v) is 2.82. The first-order valence-electron chi connectivity index (χ1n) is 4.98. The molecule has 2 aromatic rings. The first kappa shape index (κ1) is 14.9. The van der Waals surface area contributed by atoms with E-state index in [9.17, 15) is 13.2 Å². The lowest BCUT2D eigenvalue weighted by atomic mass is 10.1. The van der Waals surface area contributed by atoms with Crippen molar-refractivity contribution in [3.63, 3.8) is 0 Å². The molecule has 7 heteroatoms. The molecule has 1 nitrogen and oxygen atoms in total. The molecule has 0 bridgehead atoms. The Morgan fingerprint density at radius 2 is 1.79 bits per heavy atom. The summed E-state index contributed by atoms with van der Waals surface area (Å²) in [4.78, 5) is 3.97. The molecule has 2 rings (SSSR count). The Balaban J connectivity index is 2.67. The maximum absolute atomic E-state index is 12.8. The monoisotopic (exact) mass is 417 g/mol. The van der Waals surface area contributed by atoms with Crippen molar-refractivity contribution in [3.8, 4) is 11.3 Å². The Labute approximate surface area is 130 Å². The number of rotatable bonds is 1. The van der Waals surface area contributed by atoms with Crippen molar-refractivity contribution in [1.82, 2.24) is 4.98 Å². The minimum absolute atomic E-state index is 0.00299. The first-order valence-corrected chi connectivity index (χ1v) is 6.81. The molecule has 0 saturated heterocycles. The van der Waals surface area contributed by atoms with E-state index in [1.807, 2.05) is 0 Å². The van der Waals surface area contributed by atoms with E-state index in [4.69, 9.17) is 23.2 Å². The van der Waals surface area contributed by atoms with Crippen LogP contribution in [0.1, 0.15) is 5.56 Å². The Morgan fingerprint density at radius 3 is 2.42 bits per heavy atom. The zero-order valence-electron chi connectivity index (χ0n) is 9.10. The number of hydrogen-bond donors (Lipinski definition) is 0. The molecule has 0 aliphatic rings. The minimum atomic E-state index is -4.43. The second-order valence-corrected chi connectivity index (χ2v) is 5.57. The highest BCUT2D eigenvalue weighted by Gasteiger charge is 2.34. The van der Waals surface area contributed by atoms with Crippen LogP contribution in [0.3, 0.4) is 0 Å². The van der Waals surface area contributed by atoms with Crippen LogP contribution in [0.2, 0.25) is 10.0 Å². The number of nitrogens with zero attached hydrogens (tertiary/aromatic N) is 1. The van der Waals surface area contributed by atoms with Gasteiger partial charge in [-0.2, -0.15) is 13.2 Å². The van der Waals surface area contributed by atoms with Crippen LogP contribution < -0.4 is 0 Å². The van der Waals surface area contributed by atoms with E-state index in [0.29, 0.717) is 15.6 Å². The van der Waals surface area contributed by atoms with E-state index in [2.05, 4.69) is 4.98 Å². The molecule has 100 valence electrons. The SMILES string of the molecule is FC(F)(F)c1ccnc(-c2cc(Cl)ccc2Cl)c1I. The Hall–Kier alpha value is -0.530. The van der Waals surface area contributed by atoms with Gasteiger partial charge in [-0.05, 0) is 46.9 Å². The van der Waals surface area contributed by atoms with Gasteiger partial charge in [-0.1, -0.05) is 23.2 Å². The summed E-state index contributed by atoms with van der Waals surface area (Å²) in [5.74, 6) is 0. The standard InChI is InChI=1S/C12H5Cl2F3IN/c13-6-1-2-9(14)7(5-6)11-10(18)8(3-4-19-11)12(15,16)17/h1-5H. The highest BCUT2D eigenvalue weighted by molar-refractivity contribution is 14.1. The molecule has 19 heavy (non-hydrogen) atoms. The summed E-state index contributed by atoms with van der Waals surface area (Å²) < 4.78 is 38.5. The average molecular weight is 418 g/mol. The number of hydrogen-bond acceptors (Lipinski definition) is 1. The molecule has 1 aromatic heterocycles. The first-order chi connectivity index (χ1) is 8.80. The topological polar surface area (TPSA) is 12.9 Å². The number of halogens is 6. The summed E-state index contributed by atoms with van der Waals surface area (Å²) in [6.45, 7) is 0. The average Bonchev–Trinajstić information content (AvgIpc) is 2.31. The van der Waals surface area contributed by atoms with E-state index < -0.39 is 11.7 Å². The zero-order valence-corrected chi connectivity index (χ0v) is 12.8. The van der Waals surface area contributed by atoms with Crippen molar-refractivity contribution in [2.45, 2.75) is 6.18 Å². The molecule has 0 amide bonds. The summed E-state index contributed by atoms with van der Waals surface area (Å²) in [5.41, 5.74) is -0.193. The second kappa shape index (κ2) is 5.46. The molecule has 1 aromatic carbocycles. The van der Waals surface area contributed by atoms with Crippen LogP contribution in [0.4, 0.5) is 13.2 Å². The third-order valence-electron chi connectivity index (χ3n) is 2.38. The van der Waals surface area contributed by atoms with Gasteiger partial charge in [-0.15, -0.1) is 0 Å². The Kier molecular flexibility index (Phi) is 4.27. The molecular weight excluding hydrogens is 413 g/mol. The van der Waals surface area contributed by atoms with Gasteiger partial charge in [0.1, 0.15) is 0 Å². The van der Waals surface area contributed by atoms with E-state index >= 15 is 0 Å². The highest BCUT2D eigenvalue weighted by atomic mass is 127. The van der Waals surface area contributed by atoms with Gasteiger partial charge in [0.15, 0.2) is 0 Å². The lowest BCUT2D eigenvalue weighted by Crippen LogP contribution is -2.09. The van der Waals surface area contributed by atoms with Crippen LogP contribution in [-0.4, -0.2) is 4.98 Å². The third kappa shape index (κ3) is 3.14. The number of pyridine rings is 1. The van der Waals surface area contributed by atoms with E-state index in [0.717, 1.165) is 12.3 Å². The molecule has 0 fully saturated rings. The fourth-order valence-electron chi connectivity index (χ4n) is 1.53. The van der Waals surface area contributed by atoms with Gasteiger partial charge >= 0.3 is 6.18 Å². The molecule has 0 aliphatic heterocycles. The van der Waals surface area contributed by atoms with Gasteiger partial charge in [-0.3, -0.25) is 4.98 Å². The van der Waals surface area contributed by atoms with E-state index in [1.54, 1.807) is 28.7 Å². The molecule has 0 N–H and O–H groups in total. The molecule has 0 unspecified atom stereocenters. The van der Waals surface area contributed by atoms with Gasteiger partial charge < -0.3 is 0 Å². The van der Waals surface area contributed by atoms with Gasteiger partial charge in [0.2, 0.25) is 0 Å². The maximum Gasteiger partial charge on any atom is 0.417 e. The van der Waals surface area contributed by atoms with Crippen molar-refractivity contribution in [2.24, 2.45) is 0 Å². The lowest BCUT2D eigenvalue weighted by molar-refractivity contribution is -0.138.